The Morgan fingerprint density at radius 3 is 2.47 bits per heavy atom. The van der Waals surface area contributed by atoms with Gasteiger partial charge in [0.2, 0.25) is 0 Å². The molecule has 0 fully saturated rings. The largest absolute Gasteiger partial charge is 0.298 e. The molecule has 0 amide bonds. The highest BCUT2D eigenvalue weighted by Gasteiger charge is 2.04. The summed E-state index contributed by atoms with van der Waals surface area (Å²) in [5.41, 5.74) is 2.11. The molecule has 17 heavy (non-hydrogen) atoms. The molecule has 0 radical (unpaired) electrons. The fourth-order valence-corrected chi connectivity index (χ4v) is 1.81. The van der Waals surface area contributed by atoms with Crippen molar-refractivity contribution in [3.8, 4) is 0 Å². The van der Waals surface area contributed by atoms with Crippen LogP contribution in [0.1, 0.15) is 21.5 Å². The molecule has 0 atom stereocenters. The van der Waals surface area contributed by atoms with Gasteiger partial charge in [0.15, 0.2) is 0 Å². The van der Waals surface area contributed by atoms with Crippen molar-refractivity contribution in [2.75, 3.05) is 0 Å². The first-order valence-electron chi connectivity index (χ1n) is 5.17. The van der Waals surface area contributed by atoms with Crippen molar-refractivity contribution >= 4 is 17.9 Å². The molecule has 0 aliphatic rings. The normalized spacial score (nSPS) is 10.2. The van der Waals surface area contributed by atoms with Crippen molar-refractivity contribution in [3.63, 3.8) is 0 Å². The minimum atomic E-state index is -0.270. The summed E-state index contributed by atoms with van der Waals surface area (Å²) >= 11 is 5.82. The predicted octanol–water partition coefficient (Wildman–Crippen LogP) is 3.88. The molecule has 0 saturated heterocycles. The van der Waals surface area contributed by atoms with Gasteiger partial charge in [-0.15, -0.1) is 0 Å². The first kappa shape index (κ1) is 11.8. The van der Waals surface area contributed by atoms with Crippen LogP contribution in [-0.2, 0) is 6.42 Å². The standard InChI is InChI=1S/C14H10ClFO/c15-13-5-6-14(16)12(8-13)7-10-1-3-11(9-17)4-2-10/h1-6,8-9H,7H2. The van der Waals surface area contributed by atoms with Crippen LogP contribution in [0.2, 0.25) is 5.02 Å². The maximum Gasteiger partial charge on any atom is 0.150 e. The molecule has 3 heteroatoms. The van der Waals surface area contributed by atoms with Gasteiger partial charge in [0, 0.05) is 17.0 Å². The number of benzene rings is 2. The SMILES string of the molecule is O=Cc1ccc(Cc2cc(Cl)ccc2F)cc1. The first-order chi connectivity index (χ1) is 8.19. The minimum absolute atomic E-state index is 0.270. The van der Waals surface area contributed by atoms with E-state index in [4.69, 9.17) is 11.6 Å². The van der Waals surface area contributed by atoms with E-state index in [2.05, 4.69) is 0 Å². The fourth-order valence-electron chi connectivity index (χ4n) is 1.61. The molecule has 0 spiro atoms. The quantitative estimate of drug-likeness (QED) is 0.754. The van der Waals surface area contributed by atoms with Gasteiger partial charge < -0.3 is 0 Å². The summed E-state index contributed by atoms with van der Waals surface area (Å²) < 4.78 is 13.5. The smallest absolute Gasteiger partial charge is 0.150 e. The lowest BCUT2D eigenvalue weighted by Crippen LogP contribution is -1.93. The van der Waals surface area contributed by atoms with Crippen LogP contribution in [0.25, 0.3) is 0 Å². The maximum atomic E-state index is 13.5. The van der Waals surface area contributed by atoms with Crippen LogP contribution in [0.4, 0.5) is 4.39 Å². The molecule has 0 N–H and O–H groups in total. The van der Waals surface area contributed by atoms with E-state index in [1.54, 1.807) is 18.2 Å². The number of hydrogen-bond acceptors (Lipinski definition) is 1. The van der Waals surface area contributed by atoms with Gasteiger partial charge in [-0.05, 0) is 29.3 Å². The fraction of sp³-hybridized carbons (Fsp3) is 0.0714. The maximum absolute atomic E-state index is 13.5. The van der Waals surface area contributed by atoms with Crippen molar-refractivity contribution in [1.82, 2.24) is 0 Å². The van der Waals surface area contributed by atoms with Gasteiger partial charge >= 0.3 is 0 Å². The molecule has 0 unspecified atom stereocenters. The van der Waals surface area contributed by atoms with Gasteiger partial charge in [-0.2, -0.15) is 0 Å². The summed E-state index contributed by atoms with van der Waals surface area (Å²) in [4.78, 5) is 10.5. The molecule has 86 valence electrons. The van der Waals surface area contributed by atoms with Crippen molar-refractivity contribution < 1.29 is 9.18 Å². The number of rotatable bonds is 3. The second-order valence-electron chi connectivity index (χ2n) is 3.77. The van der Waals surface area contributed by atoms with Gasteiger partial charge in [0.25, 0.3) is 0 Å². The van der Waals surface area contributed by atoms with Gasteiger partial charge in [-0.25, -0.2) is 4.39 Å². The third kappa shape index (κ3) is 2.92. The van der Waals surface area contributed by atoms with Crippen molar-refractivity contribution in [2.45, 2.75) is 6.42 Å². The summed E-state index contributed by atoms with van der Waals surface area (Å²) in [5.74, 6) is -0.270. The highest BCUT2D eigenvalue weighted by Crippen LogP contribution is 2.18. The van der Waals surface area contributed by atoms with E-state index in [0.29, 0.717) is 22.6 Å². The third-order valence-electron chi connectivity index (χ3n) is 2.52. The topological polar surface area (TPSA) is 17.1 Å². The van der Waals surface area contributed by atoms with E-state index < -0.39 is 0 Å². The predicted molar refractivity (Wildman–Crippen MR) is 66.0 cm³/mol. The Labute approximate surface area is 104 Å². The highest BCUT2D eigenvalue weighted by atomic mass is 35.5. The summed E-state index contributed by atoms with van der Waals surface area (Å²) in [6.07, 6.45) is 1.25. The number of halogens is 2. The molecule has 0 aromatic heterocycles. The zero-order valence-corrected chi connectivity index (χ0v) is 9.75. The second-order valence-corrected chi connectivity index (χ2v) is 4.21. The molecule has 0 heterocycles. The molecular weight excluding hydrogens is 239 g/mol. The Kier molecular flexibility index (Phi) is 3.55. The van der Waals surface area contributed by atoms with Crippen LogP contribution >= 0.6 is 11.6 Å². The van der Waals surface area contributed by atoms with Crippen molar-refractivity contribution in [1.29, 1.82) is 0 Å². The number of carbonyl (C=O) groups is 1. The monoisotopic (exact) mass is 248 g/mol. The van der Waals surface area contributed by atoms with Crippen LogP contribution in [-0.4, -0.2) is 6.29 Å². The molecule has 0 aliphatic heterocycles. The summed E-state index contributed by atoms with van der Waals surface area (Å²) in [6, 6.07) is 11.5. The summed E-state index contributed by atoms with van der Waals surface area (Å²) in [5, 5.41) is 0.519. The van der Waals surface area contributed by atoms with Crippen molar-refractivity contribution in [3.05, 3.63) is 70.0 Å². The zero-order valence-electron chi connectivity index (χ0n) is 8.99. The van der Waals surface area contributed by atoms with Gasteiger partial charge in [0.1, 0.15) is 12.1 Å². The number of aldehydes is 1. The average Bonchev–Trinajstić information content (AvgIpc) is 2.35. The highest BCUT2D eigenvalue weighted by molar-refractivity contribution is 6.30. The van der Waals surface area contributed by atoms with Gasteiger partial charge in [-0.3, -0.25) is 4.79 Å². The third-order valence-corrected chi connectivity index (χ3v) is 2.75. The Morgan fingerprint density at radius 1 is 1.12 bits per heavy atom. The van der Waals surface area contributed by atoms with E-state index in [9.17, 15) is 9.18 Å². The Balaban J connectivity index is 2.24. The number of hydrogen-bond donors (Lipinski definition) is 0. The van der Waals surface area contributed by atoms with E-state index >= 15 is 0 Å². The molecular formula is C14H10ClFO. The van der Waals surface area contributed by atoms with Crippen LogP contribution in [0.5, 0.6) is 0 Å². The number of carbonyl (C=O) groups excluding carboxylic acids is 1. The van der Waals surface area contributed by atoms with E-state index in [1.165, 1.54) is 12.1 Å². The molecule has 0 aliphatic carbocycles. The van der Waals surface area contributed by atoms with E-state index in [0.717, 1.165) is 11.8 Å². The molecule has 2 aromatic carbocycles. The molecule has 0 bridgehead atoms. The Morgan fingerprint density at radius 2 is 1.82 bits per heavy atom. The molecule has 2 rings (SSSR count). The summed E-state index contributed by atoms with van der Waals surface area (Å²) in [7, 11) is 0. The van der Waals surface area contributed by atoms with Crippen LogP contribution in [0, 0.1) is 5.82 Å². The van der Waals surface area contributed by atoms with E-state index in [1.807, 2.05) is 12.1 Å². The first-order valence-corrected chi connectivity index (χ1v) is 5.55. The van der Waals surface area contributed by atoms with Crippen LogP contribution in [0.15, 0.2) is 42.5 Å². The molecule has 2 aromatic rings. The molecule has 0 saturated carbocycles. The van der Waals surface area contributed by atoms with Gasteiger partial charge in [-0.1, -0.05) is 35.9 Å². The minimum Gasteiger partial charge on any atom is -0.298 e. The zero-order chi connectivity index (χ0) is 12.3. The van der Waals surface area contributed by atoms with Crippen LogP contribution in [0.3, 0.4) is 0 Å². The Hall–Kier alpha value is -1.67. The lowest BCUT2D eigenvalue weighted by Gasteiger charge is -2.04. The summed E-state index contributed by atoms with van der Waals surface area (Å²) in [6.45, 7) is 0. The molecule has 1 nitrogen and oxygen atoms in total. The Bertz CT molecular complexity index is 534. The van der Waals surface area contributed by atoms with Crippen LogP contribution < -0.4 is 0 Å². The van der Waals surface area contributed by atoms with Gasteiger partial charge in [0.05, 0.1) is 0 Å². The lowest BCUT2D eigenvalue weighted by atomic mass is 10.0. The average molecular weight is 249 g/mol. The second kappa shape index (κ2) is 5.11. The van der Waals surface area contributed by atoms with Crippen molar-refractivity contribution in [2.24, 2.45) is 0 Å². The van der Waals surface area contributed by atoms with E-state index in [-0.39, 0.29) is 5.82 Å². The lowest BCUT2D eigenvalue weighted by molar-refractivity contribution is 0.112.